The van der Waals surface area contributed by atoms with Gasteiger partial charge in [-0.15, -0.1) is 0 Å². The largest absolute Gasteiger partial charge is 0.310 e. The standard InChI is InChI=1S/C56H44N2Si/c1-37-22-27-42(28-23-37)57(52-19-9-14-39-12-5-7-16-46(39)52)44-31-26-41-34-51-48-33-32-45(36-55(48)59(3,4)54-21-11-18-49(56(51)54)50(41)35-44)58(43-29-24-38(2)25-30-43)53-20-10-15-40-13-6-8-17-47(40)53/h5-36H,1-4H3. The van der Waals surface area contributed by atoms with Crippen LogP contribution in [0.15, 0.2) is 194 Å². The van der Waals surface area contributed by atoms with Gasteiger partial charge < -0.3 is 9.80 Å². The van der Waals surface area contributed by atoms with Crippen LogP contribution in [0, 0.1) is 13.8 Å². The van der Waals surface area contributed by atoms with E-state index >= 15 is 0 Å². The Bertz CT molecular complexity index is 3260. The van der Waals surface area contributed by atoms with Gasteiger partial charge in [-0.3, -0.25) is 0 Å². The van der Waals surface area contributed by atoms with Crippen LogP contribution in [0.5, 0.6) is 0 Å². The smallest absolute Gasteiger partial charge is 0.113 e. The number of hydrogen-bond acceptors (Lipinski definition) is 2. The van der Waals surface area contributed by atoms with Gasteiger partial charge in [-0.25, -0.2) is 0 Å². The first-order valence-electron chi connectivity index (χ1n) is 20.7. The van der Waals surface area contributed by atoms with E-state index in [2.05, 4.69) is 231 Å². The Hall–Kier alpha value is -6.94. The predicted molar refractivity (Wildman–Crippen MR) is 257 cm³/mol. The molecular formula is C56H44N2Si. The highest BCUT2D eigenvalue weighted by Crippen LogP contribution is 2.45. The molecule has 0 N–H and O–H groups in total. The number of aryl methyl sites for hydroxylation is 2. The van der Waals surface area contributed by atoms with E-state index in [0.29, 0.717) is 0 Å². The topological polar surface area (TPSA) is 6.48 Å². The summed E-state index contributed by atoms with van der Waals surface area (Å²) in [7, 11) is -2.20. The van der Waals surface area contributed by atoms with Crippen molar-refractivity contribution in [1.29, 1.82) is 0 Å². The molecule has 2 nitrogen and oxygen atoms in total. The normalized spacial score (nSPS) is 12.9. The summed E-state index contributed by atoms with van der Waals surface area (Å²) in [6.45, 7) is 9.40. The first-order valence-corrected chi connectivity index (χ1v) is 23.7. The van der Waals surface area contributed by atoms with Gasteiger partial charge in [-0.05, 0) is 134 Å². The first-order chi connectivity index (χ1) is 28.8. The van der Waals surface area contributed by atoms with E-state index in [9.17, 15) is 0 Å². The van der Waals surface area contributed by atoms with Gasteiger partial charge in [0.1, 0.15) is 8.07 Å². The minimum Gasteiger partial charge on any atom is -0.310 e. The van der Waals surface area contributed by atoms with Crippen LogP contribution in [0.2, 0.25) is 13.1 Å². The molecular weight excluding hydrogens is 729 g/mol. The summed E-state index contributed by atoms with van der Waals surface area (Å²) in [5.41, 5.74) is 12.2. The predicted octanol–water partition coefficient (Wildman–Crippen LogP) is 14.7. The zero-order valence-electron chi connectivity index (χ0n) is 33.9. The Morgan fingerprint density at radius 3 is 1.44 bits per heavy atom. The third-order valence-corrected chi connectivity index (χ3v) is 16.2. The molecule has 0 saturated carbocycles. The highest BCUT2D eigenvalue weighted by atomic mass is 28.3. The van der Waals surface area contributed by atoms with Crippen molar-refractivity contribution in [3.8, 4) is 11.1 Å². The summed E-state index contributed by atoms with van der Waals surface area (Å²) in [4.78, 5) is 4.89. The van der Waals surface area contributed by atoms with Crippen molar-refractivity contribution < 1.29 is 0 Å². The van der Waals surface area contributed by atoms with Gasteiger partial charge in [-0.2, -0.15) is 0 Å². The van der Waals surface area contributed by atoms with E-state index in [1.165, 1.54) is 92.8 Å². The van der Waals surface area contributed by atoms with Gasteiger partial charge in [0.25, 0.3) is 0 Å². The fourth-order valence-corrected chi connectivity index (χ4v) is 12.8. The number of rotatable bonds is 6. The molecule has 0 radical (unpaired) electrons. The van der Waals surface area contributed by atoms with Crippen LogP contribution in [0.25, 0.3) is 54.2 Å². The summed E-state index contributed by atoms with van der Waals surface area (Å²) >= 11 is 0. The quantitative estimate of drug-likeness (QED) is 0.123. The molecule has 0 fully saturated rings. The van der Waals surface area contributed by atoms with Crippen molar-refractivity contribution in [2.24, 2.45) is 0 Å². The molecule has 11 rings (SSSR count). The first kappa shape index (κ1) is 35.2. The molecule has 0 bridgehead atoms. The molecule has 10 aromatic carbocycles. The average molecular weight is 773 g/mol. The highest BCUT2D eigenvalue weighted by Gasteiger charge is 2.36. The maximum absolute atomic E-state index is 2.54. The van der Waals surface area contributed by atoms with E-state index in [0.717, 1.165) is 17.1 Å². The Morgan fingerprint density at radius 2 is 0.831 bits per heavy atom. The van der Waals surface area contributed by atoms with Crippen LogP contribution in [0.4, 0.5) is 34.1 Å². The van der Waals surface area contributed by atoms with Crippen LogP contribution in [0.3, 0.4) is 0 Å². The number of fused-ring (bicyclic) bond motifs is 6. The summed E-state index contributed by atoms with van der Waals surface area (Å²) < 4.78 is 0. The van der Waals surface area contributed by atoms with E-state index in [1.807, 2.05) is 0 Å². The number of benzene rings is 10. The molecule has 0 unspecified atom stereocenters. The van der Waals surface area contributed by atoms with E-state index in [4.69, 9.17) is 0 Å². The van der Waals surface area contributed by atoms with E-state index in [1.54, 1.807) is 0 Å². The lowest BCUT2D eigenvalue weighted by atomic mass is 9.92. The second kappa shape index (κ2) is 13.6. The minimum atomic E-state index is -2.20. The van der Waals surface area contributed by atoms with Crippen molar-refractivity contribution >= 4 is 95.7 Å². The van der Waals surface area contributed by atoms with Crippen LogP contribution < -0.4 is 20.2 Å². The van der Waals surface area contributed by atoms with E-state index < -0.39 is 8.07 Å². The zero-order valence-corrected chi connectivity index (χ0v) is 34.9. The maximum atomic E-state index is 2.54. The van der Waals surface area contributed by atoms with Gasteiger partial charge in [-0.1, -0.05) is 152 Å². The van der Waals surface area contributed by atoms with Crippen molar-refractivity contribution in [2.75, 3.05) is 9.80 Å². The molecule has 10 aromatic rings. The van der Waals surface area contributed by atoms with Crippen molar-refractivity contribution in [2.45, 2.75) is 26.9 Å². The average Bonchev–Trinajstić information content (AvgIpc) is 3.27. The van der Waals surface area contributed by atoms with Gasteiger partial charge in [0.15, 0.2) is 0 Å². The molecule has 0 saturated heterocycles. The van der Waals surface area contributed by atoms with Gasteiger partial charge >= 0.3 is 0 Å². The zero-order chi connectivity index (χ0) is 39.8. The van der Waals surface area contributed by atoms with Crippen LogP contribution in [-0.4, -0.2) is 8.07 Å². The summed E-state index contributed by atoms with van der Waals surface area (Å²) in [5.74, 6) is 0. The maximum Gasteiger partial charge on any atom is 0.113 e. The third-order valence-electron chi connectivity index (χ3n) is 12.7. The molecule has 1 aliphatic rings. The Labute approximate surface area is 347 Å². The Kier molecular flexibility index (Phi) is 8.11. The molecule has 0 amide bonds. The molecule has 0 spiro atoms. The third kappa shape index (κ3) is 5.68. The molecule has 1 heterocycles. The SMILES string of the molecule is Cc1ccc(N(c2ccc3c(c2)[Si](C)(C)c2cccc4c2c-3cc2ccc(N(c3ccc(C)cc3)c3cccc5ccccc35)cc24)c2cccc3ccccc23)cc1. The molecule has 0 atom stereocenters. The van der Waals surface area contributed by atoms with Crippen molar-refractivity contribution in [3.05, 3.63) is 205 Å². The summed E-state index contributed by atoms with van der Waals surface area (Å²) in [6, 6.07) is 72.5. The van der Waals surface area contributed by atoms with Crippen LogP contribution in [0.1, 0.15) is 11.1 Å². The number of nitrogens with zero attached hydrogens (tertiary/aromatic N) is 2. The molecule has 0 aromatic heterocycles. The lowest BCUT2D eigenvalue weighted by molar-refractivity contribution is 1.29. The Morgan fingerprint density at radius 1 is 0.339 bits per heavy atom. The fraction of sp³-hybridized carbons (Fsp3) is 0.0714. The second-order valence-corrected chi connectivity index (χ2v) is 21.1. The molecule has 3 heteroatoms. The van der Waals surface area contributed by atoms with Crippen molar-refractivity contribution in [1.82, 2.24) is 0 Å². The number of anilines is 6. The van der Waals surface area contributed by atoms with E-state index in [-0.39, 0.29) is 0 Å². The van der Waals surface area contributed by atoms with Gasteiger partial charge in [0.05, 0.1) is 11.4 Å². The minimum absolute atomic E-state index is 1.15. The summed E-state index contributed by atoms with van der Waals surface area (Å²) in [6.07, 6.45) is 0. The second-order valence-electron chi connectivity index (χ2n) is 16.8. The van der Waals surface area contributed by atoms with Crippen LogP contribution in [-0.2, 0) is 0 Å². The molecule has 0 aliphatic carbocycles. The lowest BCUT2D eigenvalue weighted by Gasteiger charge is -2.36. The highest BCUT2D eigenvalue weighted by molar-refractivity contribution is 7.03. The molecule has 1 aliphatic heterocycles. The van der Waals surface area contributed by atoms with Gasteiger partial charge in [0, 0.05) is 33.5 Å². The lowest BCUT2D eigenvalue weighted by Crippen LogP contribution is -2.56. The Balaban J connectivity index is 1.11. The van der Waals surface area contributed by atoms with Crippen molar-refractivity contribution in [3.63, 3.8) is 0 Å². The molecule has 59 heavy (non-hydrogen) atoms. The number of hydrogen-bond donors (Lipinski definition) is 0. The van der Waals surface area contributed by atoms with Crippen LogP contribution >= 0.6 is 0 Å². The monoisotopic (exact) mass is 772 g/mol. The summed E-state index contributed by atoms with van der Waals surface area (Å²) in [5, 5.41) is 13.2. The van der Waals surface area contributed by atoms with Gasteiger partial charge in [0.2, 0.25) is 0 Å². The molecule has 282 valence electrons. The fourth-order valence-electron chi connectivity index (χ4n) is 9.69.